The van der Waals surface area contributed by atoms with Gasteiger partial charge in [-0.3, -0.25) is 0 Å². The predicted molar refractivity (Wildman–Crippen MR) is 83.0 cm³/mol. The topological polar surface area (TPSA) is 30.5 Å². The highest BCUT2D eigenvalue weighted by Gasteiger charge is 2.36. The Labute approximate surface area is 124 Å². The number of hydrogen-bond acceptors (Lipinski definition) is 3. The zero-order valence-electron chi connectivity index (χ0n) is 13.8. The highest BCUT2D eigenvalue weighted by molar-refractivity contribution is 4.91. The SMILES string of the molecule is CC1CCC(CNC(C)(C)C)(OCC2CCOC2)CC1. The molecule has 1 N–H and O–H groups in total. The van der Waals surface area contributed by atoms with Gasteiger partial charge < -0.3 is 14.8 Å². The van der Waals surface area contributed by atoms with Gasteiger partial charge in [-0.15, -0.1) is 0 Å². The van der Waals surface area contributed by atoms with Crippen molar-refractivity contribution in [2.75, 3.05) is 26.4 Å². The summed E-state index contributed by atoms with van der Waals surface area (Å²) in [5.74, 6) is 1.47. The smallest absolute Gasteiger partial charge is 0.0806 e. The lowest BCUT2D eigenvalue weighted by Crippen LogP contribution is -2.51. The summed E-state index contributed by atoms with van der Waals surface area (Å²) in [6.07, 6.45) is 6.16. The summed E-state index contributed by atoms with van der Waals surface area (Å²) in [6, 6.07) is 0. The molecule has 1 saturated carbocycles. The molecule has 2 fully saturated rings. The highest BCUT2D eigenvalue weighted by Crippen LogP contribution is 2.35. The van der Waals surface area contributed by atoms with Gasteiger partial charge in [0.2, 0.25) is 0 Å². The normalized spacial score (nSPS) is 35.4. The predicted octanol–water partition coefficient (Wildman–Crippen LogP) is 3.38. The molecule has 2 rings (SSSR count). The summed E-state index contributed by atoms with van der Waals surface area (Å²) < 4.78 is 11.9. The first-order valence-electron chi connectivity index (χ1n) is 8.35. The molecule has 0 aromatic carbocycles. The van der Waals surface area contributed by atoms with Crippen LogP contribution in [0.5, 0.6) is 0 Å². The molecule has 0 aromatic heterocycles. The molecule has 20 heavy (non-hydrogen) atoms. The highest BCUT2D eigenvalue weighted by atomic mass is 16.5. The van der Waals surface area contributed by atoms with Crippen LogP contribution in [0.3, 0.4) is 0 Å². The zero-order valence-corrected chi connectivity index (χ0v) is 13.8. The molecule has 1 aliphatic carbocycles. The van der Waals surface area contributed by atoms with Crippen LogP contribution in [0.2, 0.25) is 0 Å². The summed E-state index contributed by atoms with van der Waals surface area (Å²) in [6.45, 7) is 12.7. The van der Waals surface area contributed by atoms with Gasteiger partial charge in [0, 0.05) is 24.6 Å². The van der Waals surface area contributed by atoms with Crippen LogP contribution in [-0.4, -0.2) is 37.5 Å². The third-order valence-corrected chi connectivity index (χ3v) is 4.78. The van der Waals surface area contributed by atoms with Gasteiger partial charge in [0.25, 0.3) is 0 Å². The van der Waals surface area contributed by atoms with Crippen molar-refractivity contribution in [2.45, 2.75) is 70.9 Å². The molecule has 3 heteroatoms. The average molecular weight is 283 g/mol. The number of nitrogens with one attached hydrogen (secondary N) is 1. The van der Waals surface area contributed by atoms with Gasteiger partial charge in [-0.05, 0) is 58.8 Å². The van der Waals surface area contributed by atoms with Gasteiger partial charge in [0.1, 0.15) is 0 Å². The minimum Gasteiger partial charge on any atom is -0.381 e. The molecule has 0 radical (unpaired) electrons. The molecule has 0 bridgehead atoms. The zero-order chi connectivity index (χ0) is 14.6. The molecular weight excluding hydrogens is 250 g/mol. The number of ether oxygens (including phenoxy) is 2. The summed E-state index contributed by atoms with van der Waals surface area (Å²) >= 11 is 0. The first-order chi connectivity index (χ1) is 9.39. The summed E-state index contributed by atoms with van der Waals surface area (Å²) in [5.41, 5.74) is 0.221. The molecule has 1 atom stereocenters. The lowest BCUT2D eigenvalue weighted by Gasteiger charge is -2.41. The Morgan fingerprint density at radius 3 is 2.45 bits per heavy atom. The van der Waals surface area contributed by atoms with E-state index in [9.17, 15) is 0 Å². The third-order valence-electron chi connectivity index (χ3n) is 4.78. The Hall–Kier alpha value is -0.120. The van der Waals surface area contributed by atoms with Crippen molar-refractivity contribution in [1.29, 1.82) is 0 Å². The Balaban J connectivity index is 1.88. The quantitative estimate of drug-likeness (QED) is 0.839. The number of rotatable bonds is 5. The van der Waals surface area contributed by atoms with Crippen LogP contribution in [0.1, 0.15) is 59.8 Å². The van der Waals surface area contributed by atoms with E-state index in [1.165, 1.54) is 32.1 Å². The van der Waals surface area contributed by atoms with Gasteiger partial charge in [-0.2, -0.15) is 0 Å². The van der Waals surface area contributed by atoms with Crippen LogP contribution in [0.15, 0.2) is 0 Å². The lowest BCUT2D eigenvalue weighted by molar-refractivity contribution is -0.0902. The molecule has 1 saturated heterocycles. The largest absolute Gasteiger partial charge is 0.381 e. The minimum absolute atomic E-state index is 0.0579. The van der Waals surface area contributed by atoms with E-state index in [1.807, 2.05) is 0 Å². The second-order valence-electron chi connectivity index (χ2n) is 8.01. The lowest BCUT2D eigenvalue weighted by atomic mass is 9.79. The van der Waals surface area contributed by atoms with Crippen molar-refractivity contribution < 1.29 is 9.47 Å². The van der Waals surface area contributed by atoms with Gasteiger partial charge in [-0.25, -0.2) is 0 Å². The Morgan fingerprint density at radius 2 is 1.90 bits per heavy atom. The Morgan fingerprint density at radius 1 is 1.20 bits per heavy atom. The monoisotopic (exact) mass is 283 g/mol. The van der Waals surface area contributed by atoms with E-state index >= 15 is 0 Å². The van der Waals surface area contributed by atoms with Crippen LogP contribution in [0, 0.1) is 11.8 Å². The van der Waals surface area contributed by atoms with Crippen LogP contribution in [0.25, 0.3) is 0 Å². The number of hydrogen-bond donors (Lipinski definition) is 1. The Kier molecular flexibility index (Phi) is 5.49. The van der Waals surface area contributed by atoms with Crippen LogP contribution < -0.4 is 5.32 Å². The molecule has 1 heterocycles. The molecule has 3 nitrogen and oxygen atoms in total. The van der Waals surface area contributed by atoms with E-state index in [0.29, 0.717) is 5.92 Å². The summed E-state index contributed by atoms with van der Waals surface area (Å²) in [5, 5.41) is 3.67. The first-order valence-corrected chi connectivity index (χ1v) is 8.35. The van der Waals surface area contributed by atoms with Gasteiger partial charge in [0.05, 0.1) is 18.8 Å². The van der Waals surface area contributed by atoms with Crippen LogP contribution >= 0.6 is 0 Å². The molecule has 0 amide bonds. The van der Waals surface area contributed by atoms with Gasteiger partial charge in [-0.1, -0.05) is 6.92 Å². The van der Waals surface area contributed by atoms with Crippen molar-refractivity contribution >= 4 is 0 Å². The first kappa shape index (κ1) is 16.3. The second-order valence-corrected chi connectivity index (χ2v) is 8.01. The van der Waals surface area contributed by atoms with E-state index in [2.05, 4.69) is 33.0 Å². The molecule has 1 unspecified atom stereocenters. The fraction of sp³-hybridized carbons (Fsp3) is 1.00. The fourth-order valence-corrected chi connectivity index (χ4v) is 3.10. The van der Waals surface area contributed by atoms with E-state index in [0.717, 1.165) is 32.3 Å². The molecule has 0 spiro atoms. The maximum absolute atomic E-state index is 6.46. The molecule has 118 valence electrons. The maximum Gasteiger partial charge on any atom is 0.0806 e. The van der Waals surface area contributed by atoms with Crippen molar-refractivity contribution in [3.8, 4) is 0 Å². The fourth-order valence-electron chi connectivity index (χ4n) is 3.10. The van der Waals surface area contributed by atoms with Gasteiger partial charge in [0.15, 0.2) is 0 Å². The van der Waals surface area contributed by atoms with Crippen molar-refractivity contribution in [1.82, 2.24) is 5.32 Å². The van der Waals surface area contributed by atoms with E-state index < -0.39 is 0 Å². The van der Waals surface area contributed by atoms with Crippen molar-refractivity contribution in [3.05, 3.63) is 0 Å². The molecule has 0 aromatic rings. The van der Waals surface area contributed by atoms with Crippen molar-refractivity contribution in [3.63, 3.8) is 0 Å². The van der Waals surface area contributed by atoms with E-state index in [4.69, 9.17) is 9.47 Å². The van der Waals surface area contributed by atoms with Crippen LogP contribution in [-0.2, 0) is 9.47 Å². The standard InChI is InChI=1S/C17H33NO2/c1-14-5-8-17(9-6-14,13-18-16(2,3)4)20-12-15-7-10-19-11-15/h14-15,18H,5-13H2,1-4H3. The minimum atomic E-state index is 0.0579. The summed E-state index contributed by atoms with van der Waals surface area (Å²) in [7, 11) is 0. The van der Waals surface area contributed by atoms with Crippen molar-refractivity contribution in [2.24, 2.45) is 11.8 Å². The third kappa shape index (κ3) is 5.01. The molecule has 2 aliphatic rings. The Bertz CT molecular complexity index is 284. The average Bonchev–Trinajstić information content (AvgIpc) is 2.89. The van der Waals surface area contributed by atoms with Gasteiger partial charge >= 0.3 is 0 Å². The van der Waals surface area contributed by atoms with E-state index in [1.54, 1.807) is 0 Å². The van der Waals surface area contributed by atoms with E-state index in [-0.39, 0.29) is 11.1 Å². The van der Waals surface area contributed by atoms with Crippen LogP contribution in [0.4, 0.5) is 0 Å². The molecule has 1 aliphatic heterocycles. The molecular formula is C17H33NO2. The summed E-state index contributed by atoms with van der Waals surface area (Å²) in [4.78, 5) is 0. The second kappa shape index (κ2) is 6.76. The maximum atomic E-state index is 6.46.